The van der Waals surface area contributed by atoms with Gasteiger partial charge in [0, 0.05) is 22.9 Å². The molecule has 32 heavy (non-hydrogen) atoms. The molecule has 9 nitrogen and oxygen atoms in total. The molecule has 1 aliphatic heterocycles. The third-order valence-corrected chi connectivity index (χ3v) is 5.73. The van der Waals surface area contributed by atoms with Crippen molar-refractivity contribution in [3.05, 3.63) is 51.6 Å². The Hall–Kier alpha value is -3.43. The van der Waals surface area contributed by atoms with E-state index in [0.29, 0.717) is 57.3 Å². The molecule has 0 fully saturated rings. The average Bonchev–Trinajstić information content (AvgIpc) is 3.38. The van der Waals surface area contributed by atoms with Crippen LogP contribution in [0.1, 0.15) is 15.9 Å². The molecule has 1 aromatic heterocycles. The number of carbonyl (C=O) groups excluding carboxylic acids is 1. The monoisotopic (exact) mass is 475 g/mol. The number of ether oxygens (including phenoxy) is 3. The maximum atomic E-state index is 12.6. The molecule has 2 heterocycles. The molecule has 166 valence electrons. The van der Waals surface area contributed by atoms with Crippen molar-refractivity contribution < 1.29 is 19.0 Å². The Kier molecular flexibility index (Phi) is 5.86. The predicted octanol–water partition coefficient (Wildman–Crippen LogP) is 3.39. The predicted molar refractivity (Wildman–Crippen MR) is 122 cm³/mol. The van der Waals surface area contributed by atoms with Crippen LogP contribution in [0.2, 0.25) is 10.0 Å². The molecule has 4 N–H and O–H groups in total. The van der Waals surface area contributed by atoms with Crippen LogP contribution in [0.5, 0.6) is 17.4 Å². The van der Waals surface area contributed by atoms with Crippen LogP contribution in [0, 0.1) is 0 Å². The van der Waals surface area contributed by atoms with E-state index in [-0.39, 0.29) is 17.1 Å². The molecule has 4 rings (SSSR count). The highest BCUT2D eigenvalue weighted by atomic mass is 35.5. The van der Waals surface area contributed by atoms with Crippen molar-refractivity contribution in [1.82, 2.24) is 9.78 Å². The third-order valence-electron chi connectivity index (χ3n) is 4.98. The second-order valence-electron chi connectivity index (χ2n) is 6.82. The Morgan fingerprint density at radius 2 is 1.84 bits per heavy atom. The number of aliphatic imine (C=N–C) groups is 1. The van der Waals surface area contributed by atoms with E-state index in [1.807, 2.05) is 0 Å². The van der Waals surface area contributed by atoms with Crippen molar-refractivity contribution in [1.29, 1.82) is 0 Å². The standard InChI is InChI=1S/C21H19Cl2N5O4/c1-30-14-8-15(31-2)18(23)16(17(14)22)10-3-4-11(13(24)7-10)19(25)27-20(29)12-9-26-28-5-6-32-21(12)28/h3-4,7-9H,5-6,24H2,1-2H3,(H2,25,27,29). The first-order valence-electron chi connectivity index (χ1n) is 9.43. The number of fused-ring (bicyclic) bond motifs is 1. The van der Waals surface area contributed by atoms with E-state index in [9.17, 15) is 4.79 Å². The second kappa shape index (κ2) is 8.60. The molecule has 3 aromatic rings. The summed E-state index contributed by atoms with van der Waals surface area (Å²) in [7, 11) is 2.98. The number of amides is 1. The number of halogens is 2. The van der Waals surface area contributed by atoms with Crippen LogP contribution in [-0.2, 0) is 6.54 Å². The summed E-state index contributed by atoms with van der Waals surface area (Å²) in [6, 6.07) is 6.58. The Balaban J connectivity index is 1.70. The smallest absolute Gasteiger partial charge is 0.286 e. The van der Waals surface area contributed by atoms with Gasteiger partial charge in [0.1, 0.15) is 29.5 Å². The number of nitrogens with zero attached hydrogens (tertiary/aromatic N) is 3. The molecule has 0 saturated carbocycles. The number of carbonyl (C=O) groups is 1. The fourth-order valence-electron chi connectivity index (χ4n) is 3.38. The molecule has 0 unspecified atom stereocenters. The summed E-state index contributed by atoms with van der Waals surface area (Å²) >= 11 is 13.0. The van der Waals surface area contributed by atoms with E-state index in [1.54, 1.807) is 28.9 Å². The largest absolute Gasteiger partial charge is 0.495 e. The van der Waals surface area contributed by atoms with Gasteiger partial charge in [-0.1, -0.05) is 29.3 Å². The summed E-state index contributed by atoms with van der Waals surface area (Å²) in [4.78, 5) is 16.5. The number of nitrogens with two attached hydrogens (primary N) is 2. The molecule has 1 aliphatic rings. The van der Waals surface area contributed by atoms with Gasteiger partial charge in [0.25, 0.3) is 5.91 Å². The van der Waals surface area contributed by atoms with Gasteiger partial charge >= 0.3 is 0 Å². The summed E-state index contributed by atoms with van der Waals surface area (Å²) in [5, 5.41) is 4.70. The molecule has 11 heteroatoms. The number of amidine groups is 1. The van der Waals surface area contributed by atoms with E-state index >= 15 is 0 Å². The van der Waals surface area contributed by atoms with Crippen LogP contribution in [0.3, 0.4) is 0 Å². The zero-order valence-electron chi connectivity index (χ0n) is 17.2. The highest BCUT2D eigenvalue weighted by molar-refractivity contribution is 6.41. The Labute approximate surface area is 193 Å². The third kappa shape index (κ3) is 3.69. The van der Waals surface area contributed by atoms with Gasteiger partial charge in [-0.15, -0.1) is 0 Å². The van der Waals surface area contributed by atoms with Gasteiger partial charge < -0.3 is 25.7 Å². The number of anilines is 1. The number of hydrogen-bond donors (Lipinski definition) is 2. The normalized spacial score (nSPS) is 12.9. The highest BCUT2D eigenvalue weighted by Crippen LogP contribution is 2.46. The molecule has 0 spiro atoms. The number of rotatable bonds is 5. The minimum absolute atomic E-state index is 0.0441. The van der Waals surface area contributed by atoms with Gasteiger partial charge in [-0.3, -0.25) is 4.79 Å². The number of aromatic nitrogens is 2. The first-order valence-corrected chi connectivity index (χ1v) is 10.2. The zero-order chi connectivity index (χ0) is 23.0. The van der Waals surface area contributed by atoms with E-state index in [4.69, 9.17) is 48.9 Å². The lowest BCUT2D eigenvalue weighted by Gasteiger charge is -2.16. The molecule has 0 radical (unpaired) electrons. The van der Waals surface area contributed by atoms with Crippen LogP contribution in [-0.4, -0.2) is 42.3 Å². The van der Waals surface area contributed by atoms with E-state index in [2.05, 4.69) is 10.1 Å². The van der Waals surface area contributed by atoms with Gasteiger partial charge in [0.15, 0.2) is 0 Å². The number of benzene rings is 2. The zero-order valence-corrected chi connectivity index (χ0v) is 18.7. The van der Waals surface area contributed by atoms with Gasteiger partial charge in [0.05, 0.1) is 37.0 Å². The van der Waals surface area contributed by atoms with Crippen LogP contribution in [0.25, 0.3) is 11.1 Å². The number of methoxy groups -OCH3 is 2. The average molecular weight is 476 g/mol. The van der Waals surface area contributed by atoms with Crippen LogP contribution < -0.4 is 25.7 Å². The fraction of sp³-hybridized carbons (Fsp3) is 0.190. The second-order valence-corrected chi connectivity index (χ2v) is 7.58. The van der Waals surface area contributed by atoms with Crippen LogP contribution in [0.4, 0.5) is 5.69 Å². The van der Waals surface area contributed by atoms with Crippen LogP contribution >= 0.6 is 23.2 Å². The summed E-state index contributed by atoms with van der Waals surface area (Å²) in [6.07, 6.45) is 1.40. The lowest BCUT2D eigenvalue weighted by molar-refractivity contribution is 0.1000. The Bertz CT molecular complexity index is 1230. The van der Waals surface area contributed by atoms with Gasteiger partial charge in [-0.25, -0.2) is 4.68 Å². The molecule has 0 aliphatic carbocycles. The summed E-state index contributed by atoms with van der Waals surface area (Å²) < 4.78 is 17.6. The SMILES string of the molecule is COc1cc(OC)c(Cl)c(-c2ccc(C(N)=NC(=O)c3cnn4c3OCC4)c(N)c2)c1Cl. The maximum Gasteiger partial charge on any atom is 0.286 e. The first kappa shape index (κ1) is 21.8. The summed E-state index contributed by atoms with van der Waals surface area (Å²) in [6.45, 7) is 1.04. The molecular weight excluding hydrogens is 457 g/mol. The van der Waals surface area contributed by atoms with E-state index in [0.717, 1.165) is 0 Å². The minimum Gasteiger partial charge on any atom is -0.495 e. The Morgan fingerprint density at radius 3 is 2.47 bits per heavy atom. The minimum atomic E-state index is -0.572. The summed E-state index contributed by atoms with van der Waals surface area (Å²) in [5.41, 5.74) is 14.3. The van der Waals surface area contributed by atoms with Gasteiger partial charge in [-0.05, 0) is 17.7 Å². The Morgan fingerprint density at radius 1 is 1.16 bits per heavy atom. The van der Waals surface area contributed by atoms with E-state index in [1.165, 1.54) is 20.4 Å². The first-order chi connectivity index (χ1) is 15.3. The number of nitrogen functional groups attached to an aromatic ring is 1. The van der Waals surface area contributed by atoms with Gasteiger partial charge in [0.2, 0.25) is 5.88 Å². The van der Waals surface area contributed by atoms with Gasteiger partial charge in [-0.2, -0.15) is 10.1 Å². The summed E-state index contributed by atoms with van der Waals surface area (Å²) in [5.74, 6) is 0.558. The topological polar surface area (TPSA) is 127 Å². The fourth-order valence-corrected chi connectivity index (χ4v) is 4.10. The molecular formula is C21H19Cl2N5O4. The van der Waals surface area contributed by atoms with Crippen molar-refractivity contribution in [2.24, 2.45) is 10.7 Å². The number of hydrogen-bond acceptors (Lipinski definition) is 6. The van der Waals surface area contributed by atoms with Crippen molar-refractivity contribution in [2.75, 3.05) is 26.6 Å². The molecule has 0 atom stereocenters. The van der Waals surface area contributed by atoms with Crippen LogP contribution in [0.15, 0.2) is 35.5 Å². The van der Waals surface area contributed by atoms with Crippen molar-refractivity contribution in [3.8, 4) is 28.5 Å². The van der Waals surface area contributed by atoms with E-state index < -0.39 is 5.91 Å². The van der Waals surface area contributed by atoms with Crippen molar-refractivity contribution in [3.63, 3.8) is 0 Å². The van der Waals surface area contributed by atoms with Crippen molar-refractivity contribution >= 4 is 40.6 Å². The lowest BCUT2D eigenvalue weighted by atomic mass is 10.0. The maximum absolute atomic E-state index is 12.6. The quantitative estimate of drug-likeness (QED) is 0.328. The molecule has 2 aromatic carbocycles. The molecule has 0 bridgehead atoms. The molecule has 1 amide bonds. The van der Waals surface area contributed by atoms with Crippen molar-refractivity contribution in [2.45, 2.75) is 6.54 Å². The lowest BCUT2D eigenvalue weighted by Crippen LogP contribution is -2.17. The highest BCUT2D eigenvalue weighted by Gasteiger charge is 2.24. The molecule has 0 saturated heterocycles.